The lowest BCUT2D eigenvalue weighted by molar-refractivity contribution is -0.122. The Kier molecular flexibility index (Phi) is 7.35. The van der Waals surface area contributed by atoms with Gasteiger partial charge in [0.15, 0.2) is 0 Å². The predicted octanol–water partition coefficient (Wildman–Crippen LogP) is 2.94. The van der Waals surface area contributed by atoms with Crippen molar-refractivity contribution in [2.24, 2.45) is 11.7 Å². The summed E-state index contributed by atoms with van der Waals surface area (Å²) in [6.07, 6.45) is 4.71. The van der Waals surface area contributed by atoms with Gasteiger partial charge >= 0.3 is 0 Å². The summed E-state index contributed by atoms with van der Waals surface area (Å²) in [7, 11) is 0. The minimum Gasteiger partial charge on any atom is -0.356 e. The van der Waals surface area contributed by atoms with Gasteiger partial charge in [0, 0.05) is 24.0 Å². The maximum atomic E-state index is 11.8. The second kappa shape index (κ2) is 8.50. The SMILES string of the molecule is Cl.N[C@@H]1CCC[C@H]1CC(=O)NCCc1ccc(Cl)cc1. The quantitative estimate of drug-likeness (QED) is 0.877. The molecule has 0 spiro atoms. The van der Waals surface area contributed by atoms with Gasteiger partial charge in [0.05, 0.1) is 0 Å². The standard InChI is InChI=1S/C15H21ClN2O.ClH/c16-13-6-4-11(5-7-13)8-9-18-15(19)10-12-2-1-3-14(12)17;/h4-7,12,14H,1-3,8-10,17H2,(H,18,19);1H/t12-,14+;/m0./s1. The smallest absolute Gasteiger partial charge is 0.220 e. The molecule has 0 bridgehead atoms. The highest BCUT2D eigenvalue weighted by atomic mass is 35.5. The molecular weight excluding hydrogens is 295 g/mol. The van der Waals surface area contributed by atoms with Crippen molar-refractivity contribution in [1.82, 2.24) is 5.32 Å². The average Bonchev–Trinajstić information content (AvgIpc) is 2.78. The molecular formula is C15H22Cl2N2O. The number of amides is 1. The maximum absolute atomic E-state index is 11.8. The van der Waals surface area contributed by atoms with Crippen LogP contribution in [-0.4, -0.2) is 18.5 Å². The van der Waals surface area contributed by atoms with Crippen LogP contribution in [0.25, 0.3) is 0 Å². The molecule has 112 valence electrons. The van der Waals surface area contributed by atoms with Crippen LogP contribution < -0.4 is 11.1 Å². The Balaban J connectivity index is 0.00000200. The second-order valence-electron chi connectivity index (χ2n) is 5.29. The fourth-order valence-corrected chi connectivity index (χ4v) is 2.75. The van der Waals surface area contributed by atoms with E-state index in [-0.39, 0.29) is 24.4 Å². The number of nitrogens with one attached hydrogen (secondary N) is 1. The summed E-state index contributed by atoms with van der Waals surface area (Å²) in [6, 6.07) is 7.93. The molecule has 1 aromatic rings. The van der Waals surface area contributed by atoms with Crippen LogP contribution >= 0.6 is 24.0 Å². The summed E-state index contributed by atoms with van der Waals surface area (Å²) in [5, 5.41) is 3.70. The Bertz CT molecular complexity index is 422. The molecule has 0 aromatic heterocycles. The molecule has 20 heavy (non-hydrogen) atoms. The van der Waals surface area contributed by atoms with Crippen molar-refractivity contribution in [3.05, 3.63) is 34.9 Å². The highest BCUT2D eigenvalue weighted by Crippen LogP contribution is 2.26. The van der Waals surface area contributed by atoms with Crippen LogP contribution in [0.2, 0.25) is 5.02 Å². The van der Waals surface area contributed by atoms with Crippen molar-refractivity contribution in [2.75, 3.05) is 6.54 Å². The molecule has 1 aromatic carbocycles. The molecule has 0 aliphatic heterocycles. The summed E-state index contributed by atoms with van der Waals surface area (Å²) < 4.78 is 0. The van der Waals surface area contributed by atoms with Gasteiger partial charge in [-0.05, 0) is 42.9 Å². The first kappa shape index (κ1) is 17.3. The Labute approximate surface area is 131 Å². The molecule has 1 saturated carbocycles. The highest BCUT2D eigenvalue weighted by molar-refractivity contribution is 6.30. The number of rotatable bonds is 5. The molecule has 1 amide bonds. The molecule has 0 saturated heterocycles. The van der Waals surface area contributed by atoms with E-state index in [1.165, 1.54) is 5.56 Å². The van der Waals surface area contributed by atoms with Crippen LogP contribution in [0.3, 0.4) is 0 Å². The minimum atomic E-state index is 0. The summed E-state index contributed by atoms with van der Waals surface area (Å²) in [6.45, 7) is 0.669. The number of carbonyl (C=O) groups is 1. The van der Waals surface area contributed by atoms with Crippen molar-refractivity contribution < 1.29 is 4.79 Å². The lowest BCUT2D eigenvalue weighted by atomic mass is 10.00. The lowest BCUT2D eigenvalue weighted by Gasteiger charge is -2.14. The van der Waals surface area contributed by atoms with E-state index in [9.17, 15) is 4.79 Å². The first-order valence-corrected chi connectivity index (χ1v) is 7.29. The van der Waals surface area contributed by atoms with Crippen LogP contribution in [0, 0.1) is 5.92 Å². The molecule has 1 aliphatic rings. The van der Waals surface area contributed by atoms with E-state index in [1.807, 2.05) is 24.3 Å². The van der Waals surface area contributed by atoms with Gasteiger partial charge in [0.1, 0.15) is 0 Å². The molecule has 1 fully saturated rings. The first-order valence-electron chi connectivity index (χ1n) is 6.92. The number of benzene rings is 1. The van der Waals surface area contributed by atoms with Crippen LogP contribution in [0.4, 0.5) is 0 Å². The number of nitrogens with two attached hydrogens (primary N) is 1. The van der Waals surface area contributed by atoms with E-state index < -0.39 is 0 Å². The van der Waals surface area contributed by atoms with Crippen LogP contribution in [0.5, 0.6) is 0 Å². The van der Waals surface area contributed by atoms with Crippen molar-refractivity contribution in [2.45, 2.75) is 38.1 Å². The van der Waals surface area contributed by atoms with E-state index in [0.29, 0.717) is 18.9 Å². The van der Waals surface area contributed by atoms with E-state index in [1.54, 1.807) is 0 Å². The molecule has 3 nitrogen and oxygen atoms in total. The van der Waals surface area contributed by atoms with E-state index in [0.717, 1.165) is 30.7 Å². The molecule has 0 radical (unpaired) electrons. The second-order valence-corrected chi connectivity index (χ2v) is 5.72. The zero-order valence-corrected chi connectivity index (χ0v) is 13.1. The van der Waals surface area contributed by atoms with Gasteiger partial charge in [-0.2, -0.15) is 0 Å². The average molecular weight is 317 g/mol. The predicted molar refractivity (Wildman–Crippen MR) is 85.3 cm³/mol. The normalized spacial score (nSPS) is 21.3. The fourth-order valence-electron chi connectivity index (χ4n) is 2.63. The number of hydrogen-bond acceptors (Lipinski definition) is 2. The topological polar surface area (TPSA) is 55.1 Å². The van der Waals surface area contributed by atoms with Crippen LogP contribution in [-0.2, 0) is 11.2 Å². The maximum Gasteiger partial charge on any atom is 0.220 e. The van der Waals surface area contributed by atoms with Gasteiger partial charge in [-0.15, -0.1) is 12.4 Å². The summed E-state index contributed by atoms with van der Waals surface area (Å²) >= 11 is 5.82. The molecule has 1 aliphatic carbocycles. The van der Waals surface area contributed by atoms with E-state index in [2.05, 4.69) is 5.32 Å². The zero-order valence-electron chi connectivity index (χ0n) is 11.5. The first-order chi connectivity index (χ1) is 9.15. The fraction of sp³-hybridized carbons (Fsp3) is 0.533. The number of halogens is 2. The molecule has 5 heteroatoms. The Hall–Kier alpha value is -0.770. The summed E-state index contributed by atoms with van der Waals surface area (Å²) in [5.74, 6) is 0.492. The zero-order chi connectivity index (χ0) is 13.7. The third-order valence-corrected chi connectivity index (χ3v) is 4.07. The van der Waals surface area contributed by atoms with Crippen LogP contribution in [0.15, 0.2) is 24.3 Å². The Morgan fingerprint density at radius 3 is 2.60 bits per heavy atom. The van der Waals surface area contributed by atoms with Gasteiger partial charge in [0.25, 0.3) is 0 Å². The van der Waals surface area contributed by atoms with Crippen LogP contribution in [0.1, 0.15) is 31.2 Å². The van der Waals surface area contributed by atoms with Crippen molar-refractivity contribution >= 4 is 29.9 Å². The third-order valence-electron chi connectivity index (χ3n) is 3.81. The summed E-state index contributed by atoms with van der Waals surface area (Å²) in [4.78, 5) is 11.8. The largest absolute Gasteiger partial charge is 0.356 e. The van der Waals surface area contributed by atoms with Crippen molar-refractivity contribution in [3.63, 3.8) is 0 Å². The van der Waals surface area contributed by atoms with E-state index in [4.69, 9.17) is 17.3 Å². The third kappa shape index (κ3) is 5.31. The molecule has 0 heterocycles. The molecule has 2 atom stereocenters. The van der Waals surface area contributed by atoms with Gasteiger partial charge in [-0.25, -0.2) is 0 Å². The van der Waals surface area contributed by atoms with Crippen molar-refractivity contribution in [1.29, 1.82) is 0 Å². The highest BCUT2D eigenvalue weighted by Gasteiger charge is 2.25. The lowest BCUT2D eigenvalue weighted by Crippen LogP contribution is -2.32. The van der Waals surface area contributed by atoms with Crippen molar-refractivity contribution in [3.8, 4) is 0 Å². The number of hydrogen-bond donors (Lipinski definition) is 2. The summed E-state index contributed by atoms with van der Waals surface area (Å²) in [5.41, 5.74) is 7.15. The minimum absolute atomic E-state index is 0. The van der Waals surface area contributed by atoms with Gasteiger partial charge in [0.2, 0.25) is 5.91 Å². The van der Waals surface area contributed by atoms with Gasteiger partial charge in [-0.3, -0.25) is 4.79 Å². The Morgan fingerprint density at radius 1 is 1.30 bits per heavy atom. The molecule has 2 rings (SSSR count). The molecule has 3 N–H and O–H groups in total. The Morgan fingerprint density at radius 2 is 2.00 bits per heavy atom. The van der Waals surface area contributed by atoms with E-state index >= 15 is 0 Å². The van der Waals surface area contributed by atoms with Gasteiger partial charge in [-0.1, -0.05) is 30.2 Å². The number of carbonyl (C=O) groups excluding carboxylic acids is 1. The van der Waals surface area contributed by atoms with Gasteiger partial charge < -0.3 is 11.1 Å². The molecule has 0 unspecified atom stereocenters. The monoisotopic (exact) mass is 316 g/mol.